The molecule has 3 aromatic heterocycles. The largest absolute Gasteiger partial charge is 0.456 e. The average molecular weight is 676 g/mol. The van der Waals surface area contributed by atoms with E-state index in [4.69, 9.17) is 13.8 Å². The number of hydrogen-bond donors (Lipinski definition) is 2. The van der Waals surface area contributed by atoms with E-state index < -0.39 is 0 Å². The van der Waals surface area contributed by atoms with E-state index in [9.17, 15) is 0 Å². The highest BCUT2D eigenvalue weighted by atomic mass is 32.1. The normalized spacial score (nSPS) is 16.4. The van der Waals surface area contributed by atoms with E-state index in [2.05, 4.69) is 144 Å². The number of nitrogens with one attached hydrogen (secondary N) is 2. The molecule has 0 bridgehead atoms. The Balaban J connectivity index is 1.03. The summed E-state index contributed by atoms with van der Waals surface area (Å²) in [6.07, 6.45) is -0.509. The SMILES string of the molecule is c1ccc(C2N=C(c3cccc4c3sc3ccccc34)NC(c3cccc4c3oc3ccc(-c5ccc6oc7ccccc7c6c5)cc34)N2)cc1. The predicted octanol–water partition coefficient (Wildman–Crippen LogP) is 11.9. The van der Waals surface area contributed by atoms with Crippen molar-refractivity contribution < 1.29 is 8.83 Å². The Bertz CT molecular complexity index is 3010. The van der Waals surface area contributed by atoms with Crippen molar-refractivity contribution in [2.75, 3.05) is 0 Å². The van der Waals surface area contributed by atoms with Crippen LogP contribution in [0, 0.1) is 0 Å². The second-order valence-corrected chi connectivity index (χ2v) is 14.2. The molecule has 5 nitrogen and oxygen atoms in total. The molecule has 2 atom stereocenters. The number of amidine groups is 1. The Morgan fingerprint density at radius 1 is 0.529 bits per heavy atom. The minimum atomic E-state index is -0.257. The first kappa shape index (κ1) is 28.6. The Hall–Kier alpha value is -6.21. The Kier molecular flexibility index (Phi) is 6.26. The molecule has 0 aliphatic carbocycles. The molecule has 6 heteroatoms. The summed E-state index contributed by atoms with van der Waals surface area (Å²) in [5, 5.41) is 14.5. The summed E-state index contributed by atoms with van der Waals surface area (Å²) in [5.74, 6) is 0.863. The van der Waals surface area contributed by atoms with E-state index in [0.29, 0.717) is 0 Å². The van der Waals surface area contributed by atoms with Crippen LogP contribution in [0.25, 0.3) is 75.2 Å². The van der Waals surface area contributed by atoms with Gasteiger partial charge in [-0.2, -0.15) is 0 Å². The second kappa shape index (κ2) is 11.2. The van der Waals surface area contributed by atoms with Crippen LogP contribution in [0.15, 0.2) is 165 Å². The smallest absolute Gasteiger partial charge is 0.142 e. The number of rotatable bonds is 4. The minimum Gasteiger partial charge on any atom is -0.456 e. The van der Waals surface area contributed by atoms with Crippen LogP contribution in [0.2, 0.25) is 0 Å². The van der Waals surface area contributed by atoms with Gasteiger partial charge in [0.1, 0.15) is 40.5 Å². The first-order valence-electron chi connectivity index (χ1n) is 17.2. The van der Waals surface area contributed by atoms with E-state index in [1.807, 2.05) is 29.5 Å². The van der Waals surface area contributed by atoms with Crippen LogP contribution in [0.4, 0.5) is 0 Å². The van der Waals surface area contributed by atoms with Gasteiger partial charge in [-0.25, -0.2) is 4.99 Å². The molecular weight excluding hydrogens is 647 g/mol. The lowest BCUT2D eigenvalue weighted by atomic mass is 9.99. The number of aliphatic imine (C=N–C) groups is 1. The molecule has 2 unspecified atom stereocenters. The summed E-state index contributed by atoms with van der Waals surface area (Å²) in [6, 6.07) is 53.2. The van der Waals surface area contributed by atoms with Crippen molar-refractivity contribution in [1.29, 1.82) is 0 Å². The molecule has 7 aromatic carbocycles. The summed E-state index contributed by atoms with van der Waals surface area (Å²) in [5.41, 5.74) is 9.03. The van der Waals surface area contributed by atoms with Crippen molar-refractivity contribution in [2.45, 2.75) is 12.3 Å². The molecule has 0 spiro atoms. The van der Waals surface area contributed by atoms with Gasteiger partial charge >= 0.3 is 0 Å². The molecule has 1 aliphatic rings. The molecule has 0 amide bonds. The molecule has 51 heavy (non-hydrogen) atoms. The number of nitrogens with zero attached hydrogens (tertiary/aromatic N) is 1. The van der Waals surface area contributed by atoms with E-state index in [0.717, 1.165) is 77.5 Å². The molecule has 0 radical (unpaired) electrons. The van der Waals surface area contributed by atoms with Crippen molar-refractivity contribution >= 4 is 81.2 Å². The summed E-state index contributed by atoms with van der Waals surface area (Å²) in [4.78, 5) is 5.29. The van der Waals surface area contributed by atoms with Gasteiger partial charge in [0.2, 0.25) is 0 Å². The predicted molar refractivity (Wildman–Crippen MR) is 210 cm³/mol. The molecule has 11 rings (SSSR count). The maximum absolute atomic E-state index is 6.70. The number of benzene rings is 7. The molecule has 0 saturated heterocycles. The summed E-state index contributed by atoms with van der Waals surface area (Å²) < 4.78 is 15.3. The van der Waals surface area contributed by atoms with E-state index in [1.54, 1.807) is 0 Å². The lowest BCUT2D eigenvalue weighted by molar-refractivity contribution is 0.408. The topological polar surface area (TPSA) is 62.7 Å². The molecule has 242 valence electrons. The van der Waals surface area contributed by atoms with Crippen molar-refractivity contribution in [1.82, 2.24) is 10.6 Å². The molecule has 2 N–H and O–H groups in total. The van der Waals surface area contributed by atoms with Gasteiger partial charge in [-0.3, -0.25) is 5.32 Å². The lowest BCUT2D eigenvalue weighted by Crippen LogP contribution is -2.45. The number of furan rings is 2. The highest BCUT2D eigenvalue weighted by Crippen LogP contribution is 2.40. The summed E-state index contributed by atoms with van der Waals surface area (Å²) in [7, 11) is 0. The first-order chi connectivity index (χ1) is 25.2. The highest BCUT2D eigenvalue weighted by molar-refractivity contribution is 7.26. The maximum Gasteiger partial charge on any atom is 0.142 e. The molecule has 4 heterocycles. The fraction of sp³-hybridized carbons (Fsp3) is 0.0444. The third kappa shape index (κ3) is 4.54. The van der Waals surface area contributed by atoms with Gasteiger partial charge in [0.15, 0.2) is 0 Å². The van der Waals surface area contributed by atoms with Gasteiger partial charge in [-0.05, 0) is 59.2 Å². The maximum atomic E-state index is 6.70. The second-order valence-electron chi connectivity index (χ2n) is 13.2. The lowest BCUT2D eigenvalue weighted by Gasteiger charge is -2.32. The summed E-state index contributed by atoms with van der Waals surface area (Å²) >= 11 is 1.82. The summed E-state index contributed by atoms with van der Waals surface area (Å²) in [6.45, 7) is 0. The van der Waals surface area contributed by atoms with Crippen LogP contribution < -0.4 is 10.6 Å². The van der Waals surface area contributed by atoms with Gasteiger partial charge in [0.05, 0.1) is 0 Å². The van der Waals surface area contributed by atoms with Crippen LogP contribution in [0.1, 0.15) is 29.0 Å². The fourth-order valence-corrected chi connectivity index (χ4v) is 8.94. The number of para-hydroxylation sites is 2. The van der Waals surface area contributed by atoms with Gasteiger partial charge in [0.25, 0.3) is 0 Å². The van der Waals surface area contributed by atoms with Crippen molar-refractivity contribution in [2.24, 2.45) is 4.99 Å². The third-order valence-corrected chi connectivity index (χ3v) is 11.4. The van der Waals surface area contributed by atoms with Crippen molar-refractivity contribution in [3.05, 3.63) is 168 Å². The Morgan fingerprint density at radius 2 is 1.20 bits per heavy atom. The third-order valence-electron chi connectivity index (χ3n) is 10.2. The fourth-order valence-electron chi connectivity index (χ4n) is 7.73. The van der Waals surface area contributed by atoms with Gasteiger partial charge in [-0.15, -0.1) is 11.3 Å². The van der Waals surface area contributed by atoms with Crippen LogP contribution >= 0.6 is 11.3 Å². The molecule has 10 aromatic rings. The molecule has 0 fully saturated rings. The first-order valence-corrected chi connectivity index (χ1v) is 18.0. The molecule has 0 saturated carbocycles. The van der Waals surface area contributed by atoms with Crippen LogP contribution in [-0.4, -0.2) is 5.84 Å². The molecular formula is C45H29N3O2S. The zero-order valence-electron chi connectivity index (χ0n) is 27.3. The van der Waals surface area contributed by atoms with Gasteiger partial charge in [-0.1, -0.05) is 109 Å². The monoisotopic (exact) mass is 675 g/mol. The molecule has 1 aliphatic heterocycles. The van der Waals surface area contributed by atoms with Crippen LogP contribution in [0.5, 0.6) is 0 Å². The minimum absolute atomic E-state index is 0.253. The quantitative estimate of drug-likeness (QED) is 0.195. The average Bonchev–Trinajstić information content (AvgIpc) is 3.89. The number of thiophene rings is 1. The van der Waals surface area contributed by atoms with Crippen molar-refractivity contribution in [3.8, 4) is 11.1 Å². The van der Waals surface area contributed by atoms with Gasteiger partial charge < -0.3 is 14.2 Å². The van der Waals surface area contributed by atoms with E-state index >= 15 is 0 Å². The van der Waals surface area contributed by atoms with Gasteiger partial charge in [0, 0.05) is 52.8 Å². The van der Waals surface area contributed by atoms with Crippen molar-refractivity contribution in [3.63, 3.8) is 0 Å². The zero-order valence-corrected chi connectivity index (χ0v) is 28.1. The van der Waals surface area contributed by atoms with E-state index in [1.165, 1.54) is 20.2 Å². The Labute approximate surface area is 296 Å². The highest BCUT2D eigenvalue weighted by Gasteiger charge is 2.29. The number of hydrogen-bond acceptors (Lipinski definition) is 6. The standard InChI is InChI=1S/C45H29N3O2S/c1-2-10-26(11-3-1)43-46-44(48-45(47-43)34-17-9-15-32-30-13-5-7-19-40(30)51-42(32)34)33-16-8-14-31-36-25-28(21-23-39(36)50-41(31)33)27-20-22-38-35(24-27)29-12-4-6-18-37(29)49-38/h1-25,43-44,46H,(H,47,48). The van der Waals surface area contributed by atoms with Crippen LogP contribution in [-0.2, 0) is 0 Å². The van der Waals surface area contributed by atoms with Crippen LogP contribution in [0.3, 0.4) is 0 Å². The Morgan fingerprint density at radius 3 is 2.06 bits per heavy atom. The zero-order chi connectivity index (χ0) is 33.5. The van der Waals surface area contributed by atoms with E-state index in [-0.39, 0.29) is 12.3 Å². The number of fused-ring (bicyclic) bond motifs is 9.